The highest BCUT2D eigenvalue weighted by molar-refractivity contribution is 5.96. The predicted octanol–water partition coefficient (Wildman–Crippen LogP) is 6.56. The second-order valence-corrected chi connectivity index (χ2v) is 11.7. The Morgan fingerprint density at radius 1 is 1.04 bits per heavy atom. The third-order valence-electron chi connectivity index (χ3n) is 8.68. The maximum absolute atomic E-state index is 13.9. The molecular weight excluding hydrogens is 614 g/mol. The minimum Gasteiger partial charge on any atom is -0.467 e. The third kappa shape index (κ3) is 5.99. The van der Waals surface area contributed by atoms with Gasteiger partial charge < -0.3 is 19.5 Å². The van der Waals surface area contributed by atoms with Gasteiger partial charge in [-0.1, -0.05) is 29.5 Å². The van der Waals surface area contributed by atoms with Gasteiger partial charge >= 0.3 is 6.01 Å². The number of aromatic amines is 1. The summed E-state index contributed by atoms with van der Waals surface area (Å²) in [5.41, 5.74) is 7.64. The van der Waals surface area contributed by atoms with Crippen molar-refractivity contribution < 1.29 is 18.3 Å². The zero-order valence-electron chi connectivity index (χ0n) is 26.6. The molecule has 0 fully saturated rings. The zero-order chi connectivity index (χ0) is 33.4. The Morgan fingerprint density at radius 2 is 1.85 bits per heavy atom. The van der Waals surface area contributed by atoms with Crippen molar-refractivity contribution in [3.63, 3.8) is 0 Å². The highest BCUT2D eigenvalue weighted by Crippen LogP contribution is 2.32. The number of ether oxygens (including phenoxy) is 1. The maximum atomic E-state index is 13.9. The number of hydrogen-bond acceptors (Lipinski definition) is 7. The maximum Gasteiger partial charge on any atom is 0.318 e. The van der Waals surface area contributed by atoms with E-state index in [1.54, 1.807) is 22.0 Å². The van der Waals surface area contributed by atoms with Crippen LogP contribution in [0.5, 0.6) is 6.01 Å². The van der Waals surface area contributed by atoms with E-state index in [0.717, 1.165) is 39.2 Å². The molecular formula is C36H32F2N8O2. The quantitative estimate of drug-likeness (QED) is 0.200. The van der Waals surface area contributed by atoms with Crippen LogP contribution in [0.1, 0.15) is 33.5 Å². The monoisotopic (exact) mass is 646 g/mol. The summed E-state index contributed by atoms with van der Waals surface area (Å²) < 4.78 is 34.5. The number of halogens is 2. The molecule has 0 radical (unpaired) electrons. The third-order valence-corrected chi connectivity index (χ3v) is 8.68. The van der Waals surface area contributed by atoms with Gasteiger partial charge in [0.05, 0.1) is 19.9 Å². The van der Waals surface area contributed by atoms with Crippen LogP contribution in [0.25, 0.3) is 27.7 Å². The summed E-state index contributed by atoms with van der Waals surface area (Å²) in [5, 5.41) is 9.44. The van der Waals surface area contributed by atoms with E-state index in [4.69, 9.17) is 4.74 Å². The lowest BCUT2D eigenvalue weighted by atomic mass is 9.98. The Hall–Kier alpha value is -5.91. The van der Waals surface area contributed by atoms with Crippen molar-refractivity contribution in [1.29, 1.82) is 0 Å². The zero-order valence-corrected chi connectivity index (χ0v) is 26.6. The lowest BCUT2D eigenvalue weighted by molar-refractivity contribution is 0.0773. The standard InChI is InChI=1S/C36H32F2N8O2/c1-22-4-9-26(44(2)34-10-13-39-36(41-34)48-3)16-27(22)33-21-46(43-42-33)20-23-5-7-25(8-6-23)35(47)45-14-11-24(12-15-45)29-19-40-32-18-31(38)30(37)17-28(29)32/h4-11,13,16-19,21,40H,12,14-15,20H2,1-3H3. The van der Waals surface area contributed by atoms with Gasteiger partial charge in [-0.25, -0.2) is 18.4 Å². The van der Waals surface area contributed by atoms with E-state index >= 15 is 0 Å². The molecule has 1 aliphatic rings. The lowest BCUT2D eigenvalue weighted by Crippen LogP contribution is -2.34. The Kier molecular flexibility index (Phi) is 8.14. The second-order valence-electron chi connectivity index (χ2n) is 11.7. The van der Waals surface area contributed by atoms with Crippen LogP contribution in [0.2, 0.25) is 0 Å². The first kappa shape index (κ1) is 30.7. The SMILES string of the molecule is COc1nccc(N(C)c2ccc(C)c(-c3cn(Cc4ccc(C(=O)N5CC=C(c6c[nH]c7cc(F)c(F)cc67)CC5)cc4)nn3)c2)n1. The molecule has 1 aliphatic heterocycles. The smallest absolute Gasteiger partial charge is 0.318 e. The van der Waals surface area contributed by atoms with Crippen LogP contribution in [0.4, 0.5) is 20.3 Å². The van der Waals surface area contributed by atoms with Crippen LogP contribution in [0.3, 0.4) is 0 Å². The van der Waals surface area contributed by atoms with Crippen LogP contribution < -0.4 is 9.64 Å². The molecule has 0 aliphatic carbocycles. The minimum absolute atomic E-state index is 0.0623. The molecule has 3 aromatic carbocycles. The Bertz CT molecular complexity index is 2170. The molecule has 6 aromatic rings. The van der Waals surface area contributed by atoms with Gasteiger partial charge in [-0.2, -0.15) is 4.98 Å². The van der Waals surface area contributed by atoms with Crippen molar-refractivity contribution in [2.75, 3.05) is 32.1 Å². The van der Waals surface area contributed by atoms with E-state index in [9.17, 15) is 13.6 Å². The van der Waals surface area contributed by atoms with E-state index in [2.05, 4.69) is 31.3 Å². The number of benzene rings is 3. The van der Waals surface area contributed by atoms with E-state index in [-0.39, 0.29) is 5.91 Å². The number of hydrogen-bond donors (Lipinski definition) is 1. The number of anilines is 2. The molecule has 7 rings (SSSR count). The molecule has 12 heteroatoms. The summed E-state index contributed by atoms with van der Waals surface area (Å²) in [4.78, 5) is 28.6. The molecule has 0 bridgehead atoms. The largest absolute Gasteiger partial charge is 0.467 e. The number of aromatic nitrogens is 6. The van der Waals surface area contributed by atoms with Gasteiger partial charge in [-0.3, -0.25) is 4.79 Å². The number of H-pyrrole nitrogens is 1. The average Bonchev–Trinajstić information content (AvgIpc) is 3.75. The molecule has 48 heavy (non-hydrogen) atoms. The Morgan fingerprint density at radius 3 is 2.62 bits per heavy atom. The molecule has 1 amide bonds. The van der Waals surface area contributed by atoms with Crippen LogP contribution in [-0.4, -0.2) is 68.0 Å². The van der Waals surface area contributed by atoms with Gasteiger partial charge in [0.2, 0.25) is 0 Å². The van der Waals surface area contributed by atoms with Crippen molar-refractivity contribution in [1.82, 2.24) is 34.8 Å². The summed E-state index contributed by atoms with van der Waals surface area (Å²) in [5.74, 6) is -1.13. The summed E-state index contributed by atoms with van der Waals surface area (Å²) in [6.07, 6.45) is 7.92. The number of nitrogens with zero attached hydrogens (tertiary/aromatic N) is 7. The number of aryl methyl sites for hydroxylation is 1. The van der Waals surface area contributed by atoms with Gasteiger partial charge in [0.15, 0.2) is 11.6 Å². The van der Waals surface area contributed by atoms with Crippen molar-refractivity contribution in [2.45, 2.75) is 19.9 Å². The Labute approximate surface area is 275 Å². The molecule has 0 spiro atoms. The fourth-order valence-electron chi connectivity index (χ4n) is 5.95. The van der Waals surface area contributed by atoms with Crippen molar-refractivity contribution in [2.24, 2.45) is 0 Å². The number of nitrogens with one attached hydrogen (secondary N) is 1. The van der Waals surface area contributed by atoms with Crippen molar-refractivity contribution >= 4 is 33.9 Å². The van der Waals surface area contributed by atoms with Crippen molar-refractivity contribution in [3.8, 4) is 17.3 Å². The normalized spacial score (nSPS) is 13.1. The van der Waals surface area contributed by atoms with Crippen LogP contribution >= 0.6 is 0 Å². The first-order valence-corrected chi connectivity index (χ1v) is 15.4. The number of rotatable bonds is 8. The topological polar surface area (TPSA) is 105 Å². The molecule has 3 aromatic heterocycles. The van der Waals surface area contributed by atoms with Gasteiger partial charge in [-0.15, -0.1) is 5.10 Å². The average molecular weight is 647 g/mol. The van der Waals surface area contributed by atoms with Crippen LogP contribution in [0.15, 0.2) is 85.3 Å². The minimum atomic E-state index is -0.884. The van der Waals surface area contributed by atoms with E-state index in [1.165, 1.54) is 19.2 Å². The molecule has 10 nitrogen and oxygen atoms in total. The molecule has 0 unspecified atom stereocenters. The fourth-order valence-corrected chi connectivity index (χ4v) is 5.95. The summed E-state index contributed by atoms with van der Waals surface area (Å²) >= 11 is 0. The molecule has 0 saturated carbocycles. The second kappa shape index (κ2) is 12.7. The first-order chi connectivity index (χ1) is 23.3. The van der Waals surface area contributed by atoms with Crippen molar-refractivity contribution in [3.05, 3.63) is 119 Å². The van der Waals surface area contributed by atoms with Gasteiger partial charge in [0, 0.05) is 71.9 Å². The summed E-state index contributed by atoms with van der Waals surface area (Å²) in [6.45, 7) is 3.48. The first-order valence-electron chi connectivity index (χ1n) is 15.4. The van der Waals surface area contributed by atoms with Gasteiger partial charge in [0.25, 0.3) is 5.91 Å². The molecule has 1 N–H and O–H groups in total. The highest BCUT2D eigenvalue weighted by Gasteiger charge is 2.21. The highest BCUT2D eigenvalue weighted by atomic mass is 19.2. The van der Waals surface area contributed by atoms with Gasteiger partial charge in [0.1, 0.15) is 11.5 Å². The number of carbonyl (C=O) groups excluding carboxylic acids is 1. The molecule has 0 saturated heterocycles. The summed E-state index contributed by atoms with van der Waals surface area (Å²) in [6, 6.07) is 18.1. The summed E-state index contributed by atoms with van der Waals surface area (Å²) in [7, 11) is 3.47. The number of fused-ring (bicyclic) bond motifs is 1. The van der Waals surface area contributed by atoms with E-state index < -0.39 is 11.6 Å². The van der Waals surface area contributed by atoms with Crippen LogP contribution in [-0.2, 0) is 6.54 Å². The predicted molar refractivity (Wildman–Crippen MR) is 179 cm³/mol. The van der Waals surface area contributed by atoms with E-state index in [1.807, 2.05) is 73.6 Å². The molecule has 4 heterocycles. The lowest BCUT2D eigenvalue weighted by Gasteiger charge is -2.26. The fraction of sp³-hybridized carbons (Fsp3) is 0.194. The Balaban J connectivity index is 1.01. The molecule has 242 valence electrons. The van der Waals surface area contributed by atoms with Gasteiger partial charge in [-0.05, 0) is 66.4 Å². The molecule has 0 atom stereocenters. The van der Waals surface area contributed by atoms with E-state index in [0.29, 0.717) is 54.3 Å². The number of carbonyl (C=O) groups is 1. The number of amides is 1. The number of methoxy groups -OCH3 is 1. The van der Waals surface area contributed by atoms with Crippen LogP contribution in [0, 0.1) is 18.6 Å².